The molecule has 1 heterocycles. The molecule has 0 fully saturated rings. The van der Waals surface area contributed by atoms with Crippen LogP contribution < -0.4 is 0 Å². The molecule has 0 saturated carbocycles. The van der Waals surface area contributed by atoms with Gasteiger partial charge < -0.3 is 4.84 Å². The Labute approximate surface area is 174 Å². The molecule has 0 saturated heterocycles. The maximum atomic E-state index is 12.3. The second-order valence-electron chi connectivity index (χ2n) is 7.48. The van der Waals surface area contributed by atoms with Gasteiger partial charge >= 0.3 is 5.97 Å². The Balaban J connectivity index is 1.46. The van der Waals surface area contributed by atoms with Crippen molar-refractivity contribution in [2.24, 2.45) is 5.16 Å². The second kappa shape index (κ2) is 7.95. The molecule has 0 amide bonds. The first-order valence-corrected chi connectivity index (χ1v) is 10.2. The Morgan fingerprint density at radius 1 is 0.967 bits per heavy atom. The number of carbonyl (C=O) groups is 1. The van der Waals surface area contributed by atoms with Crippen molar-refractivity contribution in [2.45, 2.75) is 25.7 Å². The summed E-state index contributed by atoms with van der Waals surface area (Å²) in [7, 11) is 0. The van der Waals surface area contributed by atoms with Gasteiger partial charge in [-0.1, -0.05) is 65.8 Å². The molecule has 5 nitrogen and oxygen atoms in total. The lowest BCUT2D eigenvalue weighted by atomic mass is 9.91. The molecule has 0 radical (unpaired) electrons. The second-order valence-corrected chi connectivity index (χ2v) is 7.48. The molecule has 5 rings (SSSR count). The third-order valence-electron chi connectivity index (χ3n) is 5.53. The summed E-state index contributed by atoms with van der Waals surface area (Å²) >= 11 is 0. The molecule has 4 aromatic rings. The largest absolute Gasteiger partial charge is 0.365 e. The van der Waals surface area contributed by atoms with Crippen molar-refractivity contribution < 1.29 is 9.63 Å². The van der Waals surface area contributed by atoms with E-state index in [4.69, 9.17) is 4.84 Å². The first-order chi connectivity index (χ1) is 14.8. The number of oxime groups is 1. The van der Waals surface area contributed by atoms with Crippen LogP contribution in [-0.2, 0) is 17.7 Å². The fourth-order valence-corrected chi connectivity index (χ4v) is 4.07. The van der Waals surface area contributed by atoms with E-state index in [1.807, 2.05) is 12.1 Å². The van der Waals surface area contributed by atoms with Gasteiger partial charge in [0, 0.05) is 17.7 Å². The van der Waals surface area contributed by atoms with Crippen LogP contribution >= 0.6 is 0 Å². The number of hydrogen-bond donors (Lipinski definition) is 1. The molecule has 1 N–H and O–H groups in total. The third-order valence-corrected chi connectivity index (χ3v) is 5.53. The average Bonchev–Trinajstić information content (AvgIpc) is 3.22. The van der Waals surface area contributed by atoms with Crippen molar-refractivity contribution in [1.82, 2.24) is 10.2 Å². The van der Waals surface area contributed by atoms with Crippen molar-refractivity contribution in [1.29, 1.82) is 0 Å². The standard InChI is InChI=1S/C25H21N3O2/c29-25(18-9-2-1-3-10-18)30-28-22-15-7-14-21-24(22)23(27-26-21)16-19-12-6-11-17-8-4-5-13-20(17)19/h1-6,8-13H,7,14-16H2,(H,26,27)/b28-22+. The lowest BCUT2D eigenvalue weighted by Gasteiger charge is -2.14. The SMILES string of the molecule is O=C(O/N=C1\CCCc2[nH]nc(Cc3cccc4ccccc34)c21)c1ccccc1. The zero-order valence-electron chi connectivity index (χ0n) is 16.5. The first-order valence-electron chi connectivity index (χ1n) is 10.2. The molecule has 0 atom stereocenters. The lowest BCUT2D eigenvalue weighted by Crippen LogP contribution is -2.14. The van der Waals surface area contributed by atoms with Crippen LogP contribution in [0.2, 0.25) is 0 Å². The molecule has 0 spiro atoms. The number of benzene rings is 3. The van der Waals surface area contributed by atoms with Gasteiger partial charge in [-0.3, -0.25) is 5.10 Å². The van der Waals surface area contributed by atoms with E-state index in [0.29, 0.717) is 12.0 Å². The van der Waals surface area contributed by atoms with Crippen molar-refractivity contribution in [3.8, 4) is 0 Å². The summed E-state index contributed by atoms with van der Waals surface area (Å²) in [5.41, 5.74) is 5.48. The van der Waals surface area contributed by atoms with Gasteiger partial charge in [0.1, 0.15) is 0 Å². The number of rotatable bonds is 4. The lowest BCUT2D eigenvalue weighted by molar-refractivity contribution is 0.0515. The molecule has 1 aliphatic carbocycles. The summed E-state index contributed by atoms with van der Waals surface area (Å²) in [6.45, 7) is 0. The van der Waals surface area contributed by atoms with Gasteiger partial charge in [0.25, 0.3) is 0 Å². The van der Waals surface area contributed by atoms with E-state index in [0.717, 1.165) is 41.9 Å². The van der Waals surface area contributed by atoms with E-state index in [2.05, 4.69) is 51.8 Å². The van der Waals surface area contributed by atoms with Gasteiger partial charge in [0.2, 0.25) is 0 Å². The summed E-state index contributed by atoms with van der Waals surface area (Å²) in [5, 5.41) is 14.4. The molecule has 0 bridgehead atoms. The van der Waals surface area contributed by atoms with E-state index in [1.54, 1.807) is 24.3 Å². The summed E-state index contributed by atoms with van der Waals surface area (Å²) < 4.78 is 0. The highest BCUT2D eigenvalue weighted by Crippen LogP contribution is 2.27. The maximum Gasteiger partial charge on any atom is 0.365 e. The van der Waals surface area contributed by atoms with Crippen LogP contribution in [-0.4, -0.2) is 21.9 Å². The van der Waals surface area contributed by atoms with Crippen molar-refractivity contribution in [3.63, 3.8) is 0 Å². The zero-order chi connectivity index (χ0) is 20.3. The van der Waals surface area contributed by atoms with Gasteiger partial charge in [-0.25, -0.2) is 4.79 Å². The van der Waals surface area contributed by atoms with Crippen LogP contribution in [0, 0.1) is 0 Å². The normalized spacial score (nSPS) is 14.6. The van der Waals surface area contributed by atoms with Gasteiger partial charge in [0.15, 0.2) is 0 Å². The molecule has 30 heavy (non-hydrogen) atoms. The molecule has 1 aliphatic rings. The van der Waals surface area contributed by atoms with E-state index in [-0.39, 0.29) is 0 Å². The maximum absolute atomic E-state index is 12.3. The van der Waals surface area contributed by atoms with Crippen LogP contribution in [0.3, 0.4) is 0 Å². The van der Waals surface area contributed by atoms with Gasteiger partial charge in [0.05, 0.1) is 17.0 Å². The smallest absolute Gasteiger partial charge is 0.313 e. The van der Waals surface area contributed by atoms with Crippen molar-refractivity contribution in [3.05, 3.63) is 101 Å². The van der Waals surface area contributed by atoms with E-state index < -0.39 is 5.97 Å². The predicted molar refractivity (Wildman–Crippen MR) is 117 cm³/mol. The molecule has 0 aliphatic heterocycles. The number of nitrogens with zero attached hydrogens (tertiary/aromatic N) is 2. The molecular weight excluding hydrogens is 374 g/mol. The molecule has 148 valence electrons. The first kappa shape index (κ1) is 18.3. The van der Waals surface area contributed by atoms with Crippen LogP contribution in [0.15, 0.2) is 78.0 Å². The number of aromatic amines is 1. The van der Waals surface area contributed by atoms with Gasteiger partial charge in [-0.05, 0) is 47.7 Å². The molecular formula is C25H21N3O2. The average molecular weight is 395 g/mol. The van der Waals surface area contributed by atoms with Crippen molar-refractivity contribution >= 4 is 22.5 Å². The van der Waals surface area contributed by atoms with Gasteiger partial charge in [-0.2, -0.15) is 5.10 Å². The Morgan fingerprint density at radius 3 is 2.67 bits per heavy atom. The minimum atomic E-state index is -0.450. The Kier molecular flexibility index (Phi) is 4.85. The number of fused-ring (bicyclic) bond motifs is 2. The van der Waals surface area contributed by atoms with E-state index >= 15 is 0 Å². The van der Waals surface area contributed by atoms with Crippen molar-refractivity contribution in [2.75, 3.05) is 0 Å². The molecule has 1 aromatic heterocycles. The predicted octanol–water partition coefficient (Wildman–Crippen LogP) is 5.05. The Hall–Kier alpha value is -3.73. The monoisotopic (exact) mass is 395 g/mol. The number of hydrogen-bond acceptors (Lipinski definition) is 4. The summed E-state index contributed by atoms with van der Waals surface area (Å²) in [4.78, 5) is 17.6. The Bertz CT molecular complexity index is 1240. The van der Waals surface area contributed by atoms with Crippen LogP contribution in [0.4, 0.5) is 0 Å². The summed E-state index contributed by atoms with van der Waals surface area (Å²) in [5.74, 6) is -0.450. The fraction of sp³-hybridized carbons (Fsp3) is 0.160. The van der Waals surface area contributed by atoms with E-state index in [1.165, 1.54) is 16.3 Å². The van der Waals surface area contributed by atoms with Crippen LogP contribution in [0.5, 0.6) is 0 Å². The summed E-state index contributed by atoms with van der Waals surface area (Å²) in [6, 6.07) is 23.6. The highest BCUT2D eigenvalue weighted by molar-refractivity contribution is 6.04. The number of aromatic nitrogens is 2. The number of H-pyrrole nitrogens is 1. The zero-order valence-corrected chi connectivity index (χ0v) is 16.5. The highest BCUT2D eigenvalue weighted by atomic mass is 16.7. The number of nitrogens with one attached hydrogen (secondary N) is 1. The minimum absolute atomic E-state index is 0.450. The summed E-state index contributed by atoms with van der Waals surface area (Å²) in [6.07, 6.45) is 3.32. The van der Waals surface area contributed by atoms with Gasteiger partial charge in [-0.15, -0.1) is 0 Å². The topological polar surface area (TPSA) is 67.3 Å². The van der Waals surface area contributed by atoms with Crippen LogP contribution in [0.25, 0.3) is 10.8 Å². The van der Waals surface area contributed by atoms with Crippen LogP contribution in [0.1, 0.15) is 45.7 Å². The highest BCUT2D eigenvalue weighted by Gasteiger charge is 2.24. The molecule has 0 unspecified atom stereocenters. The molecule has 5 heteroatoms. The quantitative estimate of drug-likeness (QED) is 0.388. The Morgan fingerprint density at radius 2 is 1.77 bits per heavy atom. The molecule has 3 aromatic carbocycles. The number of carbonyl (C=O) groups excluding carboxylic acids is 1. The number of aryl methyl sites for hydroxylation is 1. The third kappa shape index (κ3) is 3.50. The minimum Gasteiger partial charge on any atom is -0.313 e. The van der Waals surface area contributed by atoms with E-state index in [9.17, 15) is 4.79 Å². The fourth-order valence-electron chi connectivity index (χ4n) is 4.07.